The molecule has 2 aromatic rings. The number of benzene rings is 1. The van der Waals surface area contributed by atoms with Crippen molar-refractivity contribution in [2.75, 3.05) is 0 Å². The summed E-state index contributed by atoms with van der Waals surface area (Å²) in [7, 11) is 0. The van der Waals surface area contributed by atoms with Crippen LogP contribution in [0.2, 0.25) is 5.02 Å². The summed E-state index contributed by atoms with van der Waals surface area (Å²) in [4.78, 5) is 14.2. The van der Waals surface area contributed by atoms with Crippen LogP contribution in [0.15, 0.2) is 30.5 Å². The number of pyridine rings is 1. The molecule has 0 spiro atoms. The number of nitrogens with zero attached hydrogens (tertiary/aromatic N) is 2. The van der Waals surface area contributed by atoms with Crippen molar-refractivity contribution in [1.82, 2.24) is 4.98 Å². The third kappa shape index (κ3) is 1.40. The third-order valence-corrected chi connectivity index (χ3v) is 2.11. The number of halogens is 1. The van der Waals surface area contributed by atoms with Gasteiger partial charge in [-0.15, -0.1) is 0 Å². The highest BCUT2D eigenvalue weighted by molar-refractivity contribution is 6.31. The fourth-order valence-electron chi connectivity index (χ4n) is 1.26. The van der Waals surface area contributed by atoms with E-state index >= 15 is 0 Å². The van der Waals surface area contributed by atoms with Gasteiger partial charge in [0.15, 0.2) is 0 Å². The van der Waals surface area contributed by atoms with Crippen LogP contribution in [0.1, 0.15) is 0 Å². The van der Waals surface area contributed by atoms with Crippen LogP contribution in [-0.2, 0) is 0 Å². The summed E-state index contributed by atoms with van der Waals surface area (Å²) in [5.74, 6) is 0. The highest BCUT2D eigenvalue weighted by atomic mass is 35.5. The highest BCUT2D eigenvalue weighted by Crippen LogP contribution is 2.25. The SMILES string of the molecule is O=[N+]([O-])c1ccnc2ccc(Cl)cc12. The number of fused-ring (bicyclic) bond motifs is 1. The van der Waals surface area contributed by atoms with Crippen LogP contribution in [0.25, 0.3) is 10.9 Å². The van der Waals surface area contributed by atoms with Gasteiger partial charge in [-0.25, -0.2) is 0 Å². The maximum Gasteiger partial charge on any atom is 0.280 e. The normalized spacial score (nSPS) is 10.4. The van der Waals surface area contributed by atoms with Gasteiger partial charge in [0.2, 0.25) is 0 Å². The smallest absolute Gasteiger partial charge is 0.258 e. The molecule has 0 saturated carbocycles. The van der Waals surface area contributed by atoms with Gasteiger partial charge in [0.05, 0.1) is 15.8 Å². The summed E-state index contributed by atoms with van der Waals surface area (Å²) in [5, 5.41) is 11.6. The number of hydrogen-bond donors (Lipinski definition) is 0. The molecule has 0 saturated heterocycles. The van der Waals surface area contributed by atoms with Crippen LogP contribution in [0, 0.1) is 10.1 Å². The summed E-state index contributed by atoms with van der Waals surface area (Å²) in [6, 6.07) is 6.21. The Hall–Kier alpha value is -1.68. The van der Waals surface area contributed by atoms with Crippen molar-refractivity contribution in [3.05, 3.63) is 45.6 Å². The maximum absolute atomic E-state index is 10.7. The van der Waals surface area contributed by atoms with Gasteiger partial charge in [0.1, 0.15) is 0 Å². The molecule has 1 aromatic heterocycles. The second-order valence-corrected chi connectivity index (χ2v) is 3.19. The molecule has 2 rings (SSSR count). The minimum atomic E-state index is -0.444. The van der Waals surface area contributed by atoms with E-state index in [9.17, 15) is 10.1 Å². The fraction of sp³-hybridized carbons (Fsp3) is 0. The fourth-order valence-corrected chi connectivity index (χ4v) is 1.44. The molecule has 0 fully saturated rings. The largest absolute Gasteiger partial charge is 0.280 e. The number of hydrogen-bond acceptors (Lipinski definition) is 3. The predicted molar refractivity (Wildman–Crippen MR) is 53.4 cm³/mol. The molecule has 5 heteroatoms. The van der Waals surface area contributed by atoms with Gasteiger partial charge in [0.25, 0.3) is 5.69 Å². The van der Waals surface area contributed by atoms with Crippen molar-refractivity contribution < 1.29 is 4.92 Å². The van der Waals surface area contributed by atoms with Gasteiger partial charge in [0, 0.05) is 17.3 Å². The molecule has 0 unspecified atom stereocenters. The van der Waals surface area contributed by atoms with E-state index < -0.39 is 4.92 Å². The van der Waals surface area contributed by atoms with Crippen LogP contribution in [0.3, 0.4) is 0 Å². The van der Waals surface area contributed by atoms with Crippen molar-refractivity contribution in [1.29, 1.82) is 0 Å². The Morgan fingerprint density at radius 2 is 2.14 bits per heavy atom. The molecular weight excluding hydrogens is 204 g/mol. The van der Waals surface area contributed by atoms with Crippen LogP contribution in [0.5, 0.6) is 0 Å². The standard InChI is InChI=1S/C9H5ClN2O2/c10-6-1-2-8-7(5-6)9(12(13)14)3-4-11-8/h1-5H. The van der Waals surface area contributed by atoms with E-state index in [1.54, 1.807) is 18.2 Å². The molecule has 0 N–H and O–H groups in total. The lowest BCUT2D eigenvalue weighted by Gasteiger charge is -1.98. The zero-order valence-electron chi connectivity index (χ0n) is 6.98. The zero-order chi connectivity index (χ0) is 10.1. The number of nitro groups is 1. The molecular formula is C9H5ClN2O2. The average molecular weight is 209 g/mol. The molecule has 0 aliphatic heterocycles. The molecule has 0 atom stereocenters. The second-order valence-electron chi connectivity index (χ2n) is 2.75. The van der Waals surface area contributed by atoms with Gasteiger partial charge in [-0.2, -0.15) is 0 Å². The molecule has 4 nitrogen and oxygen atoms in total. The van der Waals surface area contributed by atoms with Gasteiger partial charge in [-0.05, 0) is 18.2 Å². The molecule has 0 bridgehead atoms. The monoisotopic (exact) mass is 208 g/mol. The van der Waals surface area contributed by atoms with Gasteiger partial charge >= 0.3 is 0 Å². The first kappa shape index (κ1) is 8.90. The molecule has 1 heterocycles. The molecule has 0 aliphatic carbocycles. The summed E-state index contributed by atoms with van der Waals surface area (Å²) in [6.07, 6.45) is 1.41. The first-order chi connectivity index (χ1) is 6.68. The van der Waals surface area contributed by atoms with E-state index in [0.717, 1.165) is 0 Å². The van der Waals surface area contributed by atoms with Crippen LogP contribution in [-0.4, -0.2) is 9.91 Å². The lowest BCUT2D eigenvalue weighted by molar-refractivity contribution is -0.383. The van der Waals surface area contributed by atoms with Crippen molar-refractivity contribution in [2.24, 2.45) is 0 Å². The van der Waals surface area contributed by atoms with E-state index in [4.69, 9.17) is 11.6 Å². The topological polar surface area (TPSA) is 56.0 Å². The maximum atomic E-state index is 10.7. The van der Waals surface area contributed by atoms with Crippen molar-refractivity contribution in [3.63, 3.8) is 0 Å². The van der Waals surface area contributed by atoms with Crippen molar-refractivity contribution >= 4 is 28.2 Å². The Balaban J connectivity index is 2.84. The van der Waals surface area contributed by atoms with E-state index in [-0.39, 0.29) is 5.69 Å². The van der Waals surface area contributed by atoms with Gasteiger partial charge < -0.3 is 0 Å². The molecule has 1 aromatic carbocycles. The Kier molecular flexibility index (Phi) is 2.05. The van der Waals surface area contributed by atoms with E-state index in [0.29, 0.717) is 15.9 Å². The lowest BCUT2D eigenvalue weighted by Crippen LogP contribution is -1.90. The summed E-state index contributed by atoms with van der Waals surface area (Å²) in [5.41, 5.74) is 0.598. The van der Waals surface area contributed by atoms with Gasteiger partial charge in [-0.3, -0.25) is 15.1 Å². The molecule has 0 radical (unpaired) electrons. The lowest BCUT2D eigenvalue weighted by atomic mass is 10.2. The number of rotatable bonds is 1. The summed E-state index contributed by atoms with van der Waals surface area (Å²) >= 11 is 5.74. The van der Waals surface area contributed by atoms with E-state index in [2.05, 4.69) is 4.98 Å². The predicted octanol–water partition coefficient (Wildman–Crippen LogP) is 2.80. The van der Waals surface area contributed by atoms with Gasteiger partial charge in [-0.1, -0.05) is 11.6 Å². The van der Waals surface area contributed by atoms with Crippen LogP contribution < -0.4 is 0 Å². The summed E-state index contributed by atoms with van der Waals surface area (Å²) < 4.78 is 0. The Morgan fingerprint density at radius 1 is 1.36 bits per heavy atom. The minimum Gasteiger partial charge on any atom is -0.258 e. The van der Waals surface area contributed by atoms with Crippen LogP contribution >= 0.6 is 11.6 Å². The van der Waals surface area contributed by atoms with E-state index in [1.807, 2.05) is 0 Å². The Bertz CT molecular complexity index is 513. The first-order valence-electron chi connectivity index (χ1n) is 3.87. The highest BCUT2D eigenvalue weighted by Gasteiger charge is 2.11. The van der Waals surface area contributed by atoms with Crippen molar-refractivity contribution in [3.8, 4) is 0 Å². The van der Waals surface area contributed by atoms with Crippen molar-refractivity contribution in [2.45, 2.75) is 0 Å². The quantitative estimate of drug-likeness (QED) is 0.535. The van der Waals surface area contributed by atoms with Crippen LogP contribution in [0.4, 0.5) is 5.69 Å². The molecule has 0 aliphatic rings. The first-order valence-corrected chi connectivity index (χ1v) is 4.25. The average Bonchev–Trinajstić information content (AvgIpc) is 2.16. The molecule has 0 amide bonds. The Labute approximate surface area is 84.3 Å². The molecule has 70 valence electrons. The third-order valence-electron chi connectivity index (χ3n) is 1.88. The molecule has 14 heavy (non-hydrogen) atoms. The summed E-state index contributed by atoms with van der Waals surface area (Å²) in [6.45, 7) is 0. The Morgan fingerprint density at radius 3 is 2.86 bits per heavy atom. The zero-order valence-corrected chi connectivity index (χ0v) is 7.73. The number of aromatic nitrogens is 1. The van der Waals surface area contributed by atoms with E-state index in [1.165, 1.54) is 12.3 Å². The minimum absolute atomic E-state index is 0.0255. The second kappa shape index (κ2) is 3.23.